The maximum Gasteiger partial charge on any atom is 0.240 e. The van der Waals surface area contributed by atoms with E-state index >= 15 is 0 Å². The zero-order valence-electron chi connectivity index (χ0n) is 11.9. The van der Waals surface area contributed by atoms with Crippen LogP contribution in [0.5, 0.6) is 5.75 Å². The molecule has 1 aromatic rings. The Labute approximate surface area is 129 Å². The summed E-state index contributed by atoms with van der Waals surface area (Å²) in [5.41, 5.74) is 0.839. The number of rotatable bonds is 3. The van der Waals surface area contributed by atoms with E-state index in [1.54, 1.807) is 6.07 Å². The van der Waals surface area contributed by atoms with Crippen LogP contribution < -0.4 is 9.46 Å². The molecule has 1 aromatic carbocycles. The number of fused-ring (bicyclic) bond motifs is 1. The summed E-state index contributed by atoms with van der Waals surface area (Å²) in [6.45, 7) is 4.37. The maximum atomic E-state index is 12.5. The van der Waals surface area contributed by atoms with Gasteiger partial charge in [0.2, 0.25) is 10.0 Å². The van der Waals surface area contributed by atoms with E-state index < -0.39 is 10.0 Å². The molecule has 0 radical (unpaired) electrons. The second-order valence-corrected chi connectivity index (χ2v) is 7.74. The maximum absolute atomic E-state index is 12.5. The van der Waals surface area contributed by atoms with Crippen molar-refractivity contribution in [2.75, 3.05) is 6.61 Å². The SMILES string of the molecule is CC1Cc2cc(S(=O)(=O)NC3CCOC3C)cc(Cl)c2O1. The minimum absolute atomic E-state index is 0.0201. The second kappa shape index (κ2) is 5.43. The van der Waals surface area contributed by atoms with E-state index in [4.69, 9.17) is 21.1 Å². The zero-order valence-corrected chi connectivity index (χ0v) is 13.5. The molecule has 2 aliphatic rings. The molecule has 3 unspecified atom stereocenters. The van der Waals surface area contributed by atoms with Crippen molar-refractivity contribution >= 4 is 21.6 Å². The van der Waals surface area contributed by atoms with Crippen molar-refractivity contribution in [3.63, 3.8) is 0 Å². The van der Waals surface area contributed by atoms with Crippen LogP contribution in [0, 0.1) is 0 Å². The number of hydrogen-bond donors (Lipinski definition) is 1. The Morgan fingerprint density at radius 3 is 2.76 bits per heavy atom. The number of nitrogens with one attached hydrogen (secondary N) is 1. The van der Waals surface area contributed by atoms with E-state index in [9.17, 15) is 8.42 Å². The van der Waals surface area contributed by atoms with Gasteiger partial charge in [-0.05, 0) is 32.4 Å². The molecule has 3 atom stereocenters. The number of benzene rings is 1. The summed E-state index contributed by atoms with van der Waals surface area (Å²) in [5.74, 6) is 0.598. The molecule has 2 aliphatic heterocycles. The second-order valence-electron chi connectivity index (χ2n) is 5.62. The fourth-order valence-corrected chi connectivity index (χ4v) is 4.53. The highest BCUT2D eigenvalue weighted by Crippen LogP contribution is 2.38. The average molecular weight is 332 g/mol. The number of hydrogen-bond acceptors (Lipinski definition) is 4. The molecular formula is C14H18ClNO4S. The molecule has 0 saturated carbocycles. The Kier molecular flexibility index (Phi) is 3.90. The standard InChI is InChI=1S/C14H18ClNO4S/c1-8-5-10-6-11(7-12(15)14(10)20-8)21(17,18)16-13-3-4-19-9(13)2/h6-9,13,16H,3-5H2,1-2H3. The third-order valence-corrected chi connectivity index (χ3v) is 5.66. The first kappa shape index (κ1) is 15.1. The Bertz CT molecular complexity index is 661. The molecule has 116 valence electrons. The molecule has 2 heterocycles. The summed E-state index contributed by atoms with van der Waals surface area (Å²) in [5, 5.41) is 0.341. The van der Waals surface area contributed by atoms with E-state index in [1.165, 1.54) is 6.07 Å². The zero-order chi connectivity index (χ0) is 15.2. The molecule has 0 amide bonds. The molecule has 5 nitrogen and oxygen atoms in total. The highest BCUT2D eigenvalue weighted by molar-refractivity contribution is 7.89. The van der Waals surface area contributed by atoms with Crippen LogP contribution in [0.4, 0.5) is 0 Å². The smallest absolute Gasteiger partial charge is 0.240 e. The fourth-order valence-electron chi connectivity index (χ4n) is 2.77. The van der Waals surface area contributed by atoms with E-state index in [0.717, 1.165) is 5.56 Å². The third-order valence-electron chi connectivity index (χ3n) is 3.91. The number of halogens is 1. The van der Waals surface area contributed by atoms with E-state index in [0.29, 0.717) is 30.2 Å². The topological polar surface area (TPSA) is 64.6 Å². The van der Waals surface area contributed by atoms with Crippen molar-refractivity contribution in [2.24, 2.45) is 0 Å². The normalized spacial score (nSPS) is 28.4. The lowest BCUT2D eigenvalue weighted by Crippen LogP contribution is -2.39. The Balaban J connectivity index is 1.89. The Hall–Kier alpha value is -0.820. The molecular weight excluding hydrogens is 314 g/mol. The van der Waals surface area contributed by atoms with Crippen molar-refractivity contribution in [3.05, 3.63) is 22.7 Å². The van der Waals surface area contributed by atoms with Crippen LogP contribution in [0.2, 0.25) is 5.02 Å². The van der Waals surface area contributed by atoms with Gasteiger partial charge in [-0.1, -0.05) is 11.6 Å². The monoisotopic (exact) mass is 331 g/mol. The van der Waals surface area contributed by atoms with Crippen molar-refractivity contribution in [1.82, 2.24) is 4.72 Å². The van der Waals surface area contributed by atoms with Gasteiger partial charge in [0.25, 0.3) is 0 Å². The first-order valence-corrected chi connectivity index (χ1v) is 8.86. The Morgan fingerprint density at radius 2 is 2.10 bits per heavy atom. The first-order valence-electron chi connectivity index (χ1n) is 7.00. The summed E-state index contributed by atoms with van der Waals surface area (Å²) in [6, 6.07) is 2.89. The highest BCUT2D eigenvalue weighted by atomic mass is 35.5. The molecule has 21 heavy (non-hydrogen) atoms. The average Bonchev–Trinajstić information content (AvgIpc) is 2.95. The van der Waals surface area contributed by atoms with Gasteiger partial charge in [0.15, 0.2) is 0 Å². The molecule has 7 heteroatoms. The summed E-state index contributed by atoms with van der Waals surface area (Å²) >= 11 is 6.15. The summed E-state index contributed by atoms with van der Waals surface area (Å²) in [6.07, 6.45) is 1.25. The molecule has 0 aromatic heterocycles. The predicted octanol–water partition coefficient (Wildman–Crippen LogP) is 2.12. The van der Waals surface area contributed by atoms with Crippen molar-refractivity contribution in [2.45, 2.75) is 49.8 Å². The molecule has 0 spiro atoms. The third kappa shape index (κ3) is 2.90. The van der Waals surface area contributed by atoms with Crippen molar-refractivity contribution in [3.8, 4) is 5.75 Å². The molecule has 0 bridgehead atoms. The summed E-state index contributed by atoms with van der Waals surface area (Å²) < 4.78 is 38.7. The lowest BCUT2D eigenvalue weighted by molar-refractivity contribution is 0.117. The van der Waals surface area contributed by atoms with Gasteiger partial charge in [-0.3, -0.25) is 0 Å². The molecule has 0 aliphatic carbocycles. The molecule has 1 fully saturated rings. The van der Waals surface area contributed by atoms with Gasteiger partial charge in [0.05, 0.1) is 22.1 Å². The van der Waals surface area contributed by atoms with E-state index in [-0.39, 0.29) is 23.1 Å². The van der Waals surface area contributed by atoms with Crippen LogP contribution in [0.1, 0.15) is 25.8 Å². The van der Waals surface area contributed by atoms with Crippen LogP contribution in [0.25, 0.3) is 0 Å². The van der Waals surface area contributed by atoms with E-state index in [2.05, 4.69) is 4.72 Å². The van der Waals surface area contributed by atoms with Gasteiger partial charge < -0.3 is 9.47 Å². The van der Waals surface area contributed by atoms with Gasteiger partial charge in [-0.2, -0.15) is 0 Å². The quantitative estimate of drug-likeness (QED) is 0.921. The lowest BCUT2D eigenvalue weighted by atomic mass is 10.1. The Morgan fingerprint density at radius 1 is 1.33 bits per heavy atom. The highest BCUT2D eigenvalue weighted by Gasteiger charge is 2.31. The van der Waals surface area contributed by atoms with Gasteiger partial charge in [-0.15, -0.1) is 0 Å². The largest absolute Gasteiger partial charge is 0.489 e. The van der Waals surface area contributed by atoms with Crippen LogP contribution in [-0.2, 0) is 21.2 Å². The molecule has 1 saturated heterocycles. The minimum Gasteiger partial charge on any atom is -0.489 e. The first-order chi connectivity index (χ1) is 9.87. The van der Waals surface area contributed by atoms with Gasteiger partial charge >= 0.3 is 0 Å². The lowest BCUT2D eigenvalue weighted by Gasteiger charge is -2.16. The predicted molar refractivity (Wildman–Crippen MR) is 79.4 cm³/mol. The van der Waals surface area contributed by atoms with Gasteiger partial charge in [0.1, 0.15) is 11.9 Å². The van der Waals surface area contributed by atoms with Gasteiger partial charge in [-0.25, -0.2) is 13.1 Å². The fraction of sp³-hybridized carbons (Fsp3) is 0.571. The van der Waals surface area contributed by atoms with Crippen molar-refractivity contribution < 1.29 is 17.9 Å². The summed E-state index contributed by atoms with van der Waals surface area (Å²) in [7, 11) is -3.61. The van der Waals surface area contributed by atoms with Crippen molar-refractivity contribution in [1.29, 1.82) is 0 Å². The van der Waals surface area contributed by atoms with Gasteiger partial charge in [0, 0.05) is 18.6 Å². The van der Waals surface area contributed by atoms with Crippen LogP contribution in [0.3, 0.4) is 0 Å². The van der Waals surface area contributed by atoms with E-state index in [1.807, 2.05) is 13.8 Å². The molecule has 1 N–H and O–H groups in total. The minimum atomic E-state index is -3.61. The van der Waals surface area contributed by atoms with Crippen LogP contribution in [-0.4, -0.2) is 33.3 Å². The number of ether oxygens (including phenoxy) is 2. The summed E-state index contributed by atoms with van der Waals surface area (Å²) in [4.78, 5) is 0.183. The van der Waals surface area contributed by atoms with Crippen LogP contribution in [0.15, 0.2) is 17.0 Å². The van der Waals surface area contributed by atoms with Crippen LogP contribution >= 0.6 is 11.6 Å². The number of sulfonamides is 1. The molecule has 3 rings (SSSR count).